The molecular formula is C19H29ClN4O2. The lowest BCUT2D eigenvalue weighted by atomic mass is 9.78. The van der Waals surface area contributed by atoms with Crippen molar-refractivity contribution in [2.24, 2.45) is 11.3 Å². The first-order chi connectivity index (χ1) is 12.2. The molecule has 144 valence electrons. The maximum Gasteiger partial charge on any atom is 0.404 e. The number of hydrogen-bond acceptors (Lipinski definition) is 4. The number of carbonyl (C=O) groups is 1. The zero-order chi connectivity index (χ0) is 18.9. The van der Waals surface area contributed by atoms with Gasteiger partial charge >= 0.3 is 6.09 Å². The van der Waals surface area contributed by atoms with Crippen LogP contribution in [-0.4, -0.2) is 40.3 Å². The van der Waals surface area contributed by atoms with Crippen molar-refractivity contribution in [3.63, 3.8) is 0 Å². The molecule has 0 aromatic carbocycles. The standard InChI is InChI=1S/C19H29ClN4O2/c1-19(2,3)16(23-18(25)26)13-8-9-24(11-13)15-10-14(21-17(20)22-15)12-6-4-5-7-12/h10,12-13,16,23H,4-9,11H2,1-3H3,(H,25,26). The molecule has 2 unspecified atom stereocenters. The third-order valence-electron chi connectivity index (χ3n) is 5.71. The fourth-order valence-corrected chi connectivity index (χ4v) is 4.64. The molecule has 2 atom stereocenters. The lowest BCUT2D eigenvalue weighted by Crippen LogP contribution is -2.49. The summed E-state index contributed by atoms with van der Waals surface area (Å²) in [6.45, 7) is 7.87. The van der Waals surface area contributed by atoms with Gasteiger partial charge in [-0.3, -0.25) is 0 Å². The van der Waals surface area contributed by atoms with Crippen molar-refractivity contribution < 1.29 is 9.90 Å². The number of anilines is 1. The number of nitrogens with zero attached hydrogens (tertiary/aromatic N) is 3. The Labute approximate surface area is 160 Å². The molecule has 1 aromatic heterocycles. The average molecular weight is 381 g/mol. The summed E-state index contributed by atoms with van der Waals surface area (Å²) in [5, 5.41) is 12.3. The molecule has 1 aliphatic carbocycles. The molecule has 0 spiro atoms. The molecule has 2 aliphatic rings. The molecule has 6 nitrogen and oxygen atoms in total. The molecule has 2 fully saturated rings. The predicted molar refractivity (Wildman–Crippen MR) is 103 cm³/mol. The number of hydrogen-bond donors (Lipinski definition) is 2. The SMILES string of the molecule is CC(C)(C)C(NC(=O)O)C1CCN(c2cc(C3CCCC3)nc(Cl)n2)C1. The summed E-state index contributed by atoms with van der Waals surface area (Å²) in [5.41, 5.74) is 0.911. The van der Waals surface area contributed by atoms with Crippen molar-refractivity contribution in [3.8, 4) is 0 Å². The first-order valence-corrected chi connectivity index (χ1v) is 9.90. The van der Waals surface area contributed by atoms with Gasteiger partial charge in [-0.25, -0.2) is 14.8 Å². The summed E-state index contributed by atoms with van der Waals surface area (Å²) in [5.74, 6) is 1.61. The van der Waals surface area contributed by atoms with Gasteiger partial charge in [0.2, 0.25) is 5.28 Å². The van der Waals surface area contributed by atoms with E-state index in [1.54, 1.807) is 0 Å². The summed E-state index contributed by atoms with van der Waals surface area (Å²) in [6, 6.07) is 1.98. The van der Waals surface area contributed by atoms with Gasteiger partial charge in [0.15, 0.2) is 0 Å². The minimum atomic E-state index is -0.961. The fraction of sp³-hybridized carbons (Fsp3) is 0.737. The predicted octanol–water partition coefficient (Wildman–Crippen LogP) is 4.30. The summed E-state index contributed by atoms with van der Waals surface area (Å²) in [7, 11) is 0. The van der Waals surface area contributed by atoms with Crippen LogP contribution in [-0.2, 0) is 0 Å². The van der Waals surface area contributed by atoms with E-state index in [2.05, 4.69) is 47.0 Å². The van der Waals surface area contributed by atoms with Gasteiger partial charge in [0.25, 0.3) is 0 Å². The van der Waals surface area contributed by atoms with Crippen LogP contribution < -0.4 is 10.2 Å². The Kier molecular flexibility index (Phi) is 5.61. The molecular weight excluding hydrogens is 352 g/mol. The van der Waals surface area contributed by atoms with Gasteiger partial charge in [0, 0.05) is 31.1 Å². The second kappa shape index (κ2) is 7.59. The van der Waals surface area contributed by atoms with Crippen LogP contribution in [0, 0.1) is 11.3 Å². The molecule has 2 N–H and O–H groups in total. The Morgan fingerprint density at radius 1 is 1.31 bits per heavy atom. The van der Waals surface area contributed by atoms with Crippen LogP contribution in [0.2, 0.25) is 5.28 Å². The van der Waals surface area contributed by atoms with E-state index in [0.29, 0.717) is 11.2 Å². The smallest absolute Gasteiger partial charge is 0.404 e. The van der Waals surface area contributed by atoms with Gasteiger partial charge in [-0.1, -0.05) is 33.6 Å². The molecule has 1 saturated heterocycles. The molecule has 1 aliphatic heterocycles. The number of amides is 1. The average Bonchev–Trinajstić information content (AvgIpc) is 3.22. The quantitative estimate of drug-likeness (QED) is 0.761. The lowest BCUT2D eigenvalue weighted by molar-refractivity contribution is 0.157. The van der Waals surface area contributed by atoms with E-state index < -0.39 is 6.09 Å². The minimum absolute atomic E-state index is 0.100. The van der Waals surface area contributed by atoms with Crippen LogP contribution >= 0.6 is 11.6 Å². The highest BCUT2D eigenvalue weighted by Crippen LogP contribution is 2.36. The van der Waals surface area contributed by atoms with Crippen LogP contribution in [0.5, 0.6) is 0 Å². The second-order valence-corrected chi connectivity index (χ2v) is 9.03. The van der Waals surface area contributed by atoms with Gasteiger partial charge in [-0.05, 0) is 42.2 Å². The normalized spacial score (nSPS) is 22.6. The van der Waals surface area contributed by atoms with Crippen molar-refractivity contribution in [2.75, 3.05) is 18.0 Å². The van der Waals surface area contributed by atoms with E-state index in [0.717, 1.165) is 31.0 Å². The summed E-state index contributed by atoms with van der Waals surface area (Å²) >= 11 is 6.21. The Balaban J connectivity index is 1.76. The van der Waals surface area contributed by atoms with Crippen molar-refractivity contribution in [3.05, 3.63) is 17.0 Å². The van der Waals surface area contributed by atoms with E-state index in [1.165, 1.54) is 25.7 Å². The molecule has 3 rings (SSSR count). The first-order valence-electron chi connectivity index (χ1n) is 9.53. The van der Waals surface area contributed by atoms with Gasteiger partial charge in [0.1, 0.15) is 5.82 Å². The number of nitrogens with one attached hydrogen (secondary N) is 1. The third kappa shape index (κ3) is 4.40. The van der Waals surface area contributed by atoms with Crippen molar-refractivity contribution >= 4 is 23.5 Å². The summed E-state index contributed by atoms with van der Waals surface area (Å²) in [4.78, 5) is 22.4. The summed E-state index contributed by atoms with van der Waals surface area (Å²) in [6.07, 6.45) is 4.82. The number of rotatable bonds is 4. The third-order valence-corrected chi connectivity index (χ3v) is 5.88. The van der Waals surface area contributed by atoms with Crippen molar-refractivity contribution in [1.82, 2.24) is 15.3 Å². The molecule has 0 bridgehead atoms. The van der Waals surface area contributed by atoms with Crippen LogP contribution in [0.15, 0.2) is 6.07 Å². The Morgan fingerprint density at radius 3 is 2.62 bits per heavy atom. The van der Waals surface area contributed by atoms with Crippen LogP contribution in [0.3, 0.4) is 0 Å². The van der Waals surface area contributed by atoms with Gasteiger partial charge < -0.3 is 15.3 Å². The highest BCUT2D eigenvalue weighted by atomic mass is 35.5. The molecule has 1 aromatic rings. The highest BCUT2D eigenvalue weighted by Gasteiger charge is 2.38. The molecule has 7 heteroatoms. The largest absolute Gasteiger partial charge is 0.465 e. The van der Waals surface area contributed by atoms with E-state index in [1.807, 2.05) is 0 Å². The Hall–Kier alpha value is -1.56. The lowest BCUT2D eigenvalue weighted by Gasteiger charge is -2.35. The topological polar surface area (TPSA) is 78.4 Å². The van der Waals surface area contributed by atoms with E-state index in [-0.39, 0.29) is 17.4 Å². The van der Waals surface area contributed by atoms with Gasteiger partial charge in [-0.15, -0.1) is 0 Å². The van der Waals surface area contributed by atoms with E-state index in [9.17, 15) is 9.90 Å². The molecule has 26 heavy (non-hydrogen) atoms. The van der Waals surface area contributed by atoms with Gasteiger partial charge in [0.05, 0.1) is 5.69 Å². The van der Waals surface area contributed by atoms with Crippen LogP contribution in [0.1, 0.15) is 64.5 Å². The maximum atomic E-state index is 11.2. The zero-order valence-corrected chi connectivity index (χ0v) is 16.6. The minimum Gasteiger partial charge on any atom is -0.465 e. The summed E-state index contributed by atoms with van der Waals surface area (Å²) < 4.78 is 0. The van der Waals surface area contributed by atoms with E-state index >= 15 is 0 Å². The highest BCUT2D eigenvalue weighted by molar-refractivity contribution is 6.28. The molecule has 0 radical (unpaired) electrons. The monoisotopic (exact) mass is 380 g/mol. The van der Waals surface area contributed by atoms with Crippen LogP contribution in [0.25, 0.3) is 0 Å². The number of halogens is 1. The first kappa shape index (κ1) is 19.2. The molecule has 1 saturated carbocycles. The van der Waals surface area contributed by atoms with Crippen molar-refractivity contribution in [2.45, 2.75) is 64.8 Å². The number of aromatic nitrogens is 2. The zero-order valence-electron chi connectivity index (χ0n) is 15.8. The number of carboxylic acid groups (broad SMARTS) is 1. The molecule has 2 heterocycles. The molecule has 1 amide bonds. The van der Waals surface area contributed by atoms with E-state index in [4.69, 9.17) is 11.6 Å². The maximum absolute atomic E-state index is 11.2. The van der Waals surface area contributed by atoms with Crippen LogP contribution in [0.4, 0.5) is 10.6 Å². The Bertz CT molecular complexity index is 655. The fourth-order valence-electron chi connectivity index (χ4n) is 4.46. The van der Waals surface area contributed by atoms with Crippen molar-refractivity contribution in [1.29, 1.82) is 0 Å². The second-order valence-electron chi connectivity index (χ2n) is 8.69. The Morgan fingerprint density at radius 2 is 2.00 bits per heavy atom. The van der Waals surface area contributed by atoms with Gasteiger partial charge in [-0.2, -0.15) is 0 Å².